The number of nitrogens with zero attached hydrogens (tertiary/aromatic N) is 2. The van der Waals surface area contributed by atoms with Gasteiger partial charge in [-0.3, -0.25) is 0 Å². The highest BCUT2D eigenvalue weighted by atomic mass is 32.2. The third kappa shape index (κ3) is 2.50. The lowest BCUT2D eigenvalue weighted by atomic mass is 10.2. The zero-order valence-corrected chi connectivity index (χ0v) is 11.3. The summed E-state index contributed by atoms with van der Waals surface area (Å²) in [6.45, 7) is 1.80. The number of sulfone groups is 1. The molecule has 1 aromatic carbocycles. The highest BCUT2D eigenvalue weighted by Gasteiger charge is 2.23. The number of anilines is 1. The van der Waals surface area contributed by atoms with E-state index in [1.807, 2.05) is 0 Å². The molecule has 100 valence electrons. The summed E-state index contributed by atoms with van der Waals surface area (Å²) in [5, 5.41) is 0. The van der Waals surface area contributed by atoms with Gasteiger partial charge in [0.1, 0.15) is 15.5 Å². The molecule has 7 heteroatoms. The van der Waals surface area contributed by atoms with Crippen molar-refractivity contribution in [1.82, 2.24) is 9.97 Å². The average Bonchev–Trinajstić information content (AvgIpc) is 2.39. The zero-order chi connectivity index (χ0) is 14.0. The Morgan fingerprint density at radius 1 is 1.21 bits per heavy atom. The second-order valence-corrected chi connectivity index (χ2v) is 5.85. The van der Waals surface area contributed by atoms with Gasteiger partial charge in [-0.15, -0.1) is 0 Å². The third-order valence-corrected chi connectivity index (χ3v) is 4.30. The molecule has 1 heterocycles. The summed E-state index contributed by atoms with van der Waals surface area (Å²) in [7, 11) is -2.31. The Labute approximate surface area is 111 Å². The van der Waals surface area contributed by atoms with E-state index in [1.165, 1.54) is 19.5 Å². The van der Waals surface area contributed by atoms with Crippen LogP contribution in [0.4, 0.5) is 5.95 Å². The second kappa shape index (κ2) is 4.85. The summed E-state index contributed by atoms with van der Waals surface area (Å²) < 4.78 is 30.0. The Hall–Kier alpha value is -2.15. The fourth-order valence-corrected chi connectivity index (χ4v) is 2.98. The number of methoxy groups -OCH3 is 1. The van der Waals surface area contributed by atoms with Gasteiger partial charge in [-0.1, -0.05) is 6.07 Å². The Bertz CT molecular complexity index is 697. The maximum absolute atomic E-state index is 12.5. The van der Waals surface area contributed by atoms with Crippen LogP contribution in [0.3, 0.4) is 0 Å². The summed E-state index contributed by atoms with van der Waals surface area (Å²) in [6, 6.07) is 4.93. The molecule has 1 aromatic heterocycles. The zero-order valence-electron chi connectivity index (χ0n) is 10.5. The van der Waals surface area contributed by atoms with Crippen molar-refractivity contribution in [2.24, 2.45) is 0 Å². The van der Waals surface area contributed by atoms with Crippen molar-refractivity contribution in [3.05, 3.63) is 36.2 Å². The number of aromatic nitrogens is 2. The predicted octanol–water partition coefficient (Wildman–Crippen LogP) is 1.21. The van der Waals surface area contributed by atoms with Gasteiger partial charge in [0.25, 0.3) is 0 Å². The number of ether oxygens (including phenoxy) is 1. The minimum absolute atomic E-state index is 0.0226. The summed E-state index contributed by atoms with van der Waals surface area (Å²) in [5.74, 6) is 0.303. The maximum Gasteiger partial charge on any atom is 0.219 e. The molecule has 0 spiro atoms. The number of rotatable bonds is 3. The van der Waals surface area contributed by atoms with Crippen LogP contribution in [0, 0.1) is 6.92 Å². The van der Waals surface area contributed by atoms with Crippen LogP contribution in [0.5, 0.6) is 5.75 Å². The lowest BCUT2D eigenvalue weighted by Gasteiger charge is -2.10. The van der Waals surface area contributed by atoms with E-state index in [2.05, 4.69) is 9.97 Å². The normalized spacial score (nSPS) is 11.3. The van der Waals surface area contributed by atoms with Crippen LogP contribution in [0.2, 0.25) is 0 Å². The number of hydrogen-bond donors (Lipinski definition) is 1. The summed E-state index contributed by atoms with van der Waals surface area (Å²) in [4.78, 5) is 7.45. The van der Waals surface area contributed by atoms with Gasteiger partial charge in [-0.25, -0.2) is 18.4 Å². The number of hydrogen-bond acceptors (Lipinski definition) is 6. The fourth-order valence-electron chi connectivity index (χ4n) is 1.59. The first-order valence-corrected chi connectivity index (χ1v) is 6.90. The van der Waals surface area contributed by atoms with E-state index in [0.717, 1.165) is 5.56 Å². The first-order chi connectivity index (χ1) is 8.95. The molecule has 0 aliphatic heterocycles. The predicted molar refractivity (Wildman–Crippen MR) is 69.6 cm³/mol. The van der Waals surface area contributed by atoms with Crippen molar-refractivity contribution in [2.75, 3.05) is 12.8 Å². The third-order valence-electron chi connectivity index (χ3n) is 2.57. The molecule has 2 aromatic rings. The Morgan fingerprint density at radius 3 is 2.42 bits per heavy atom. The van der Waals surface area contributed by atoms with Crippen LogP contribution in [0.1, 0.15) is 5.56 Å². The van der Waals surface area contributed by atoms with Crippen LogP contribution in [0.15, 0.2) is 40.4 Å². The minimum atomic E-state index is -3.73. The molecule has 0 radical (unpaired) electrons. The van der Waals surface area contributed by atoms with E-state index in [-0.39, 0.29) is 21.5 Å². The lowest BCUT2D eigenvalue weighted by molar-refractivity contribution is 0.402. The summed E-state index contributed by atoms with van der Waals surface area (Å²) in [5.41, 5.74) is 6.16. The first kappa shape index (κ1) is 13.3. The van der Waals surface area contributed by atoms with Crippen LogP contribution in [0.25, 0.3) is 0 Å². The number of aryl methyl sites for hydroxylation is 1. The SMILES string of the molecule is COc1ccc(C)cc1S(=O)(=O)c1cnc(N)nc1. The fraction of sp³-hybridized carbons (Fsp3) is 0.167. The largest absolute Gasteiger partial charge is 0.495 e. The van der Waals surface area contributed by atoms with Crippen molar-refractivity contribution in [1.29, 1.82) is 0 Å². The molecule has 0 unspecified atom stereocenters. The van der Waals surface area contributed by atoms with Crippen molar-refractivity contribution in [3.8, 4) is 5.75 Å². The molecule has 0 saturated carbocycles. The van der Waals surface area contributed by atoms with E-state index in [0.29, 0.717) is 0 Å². The summed E-state index contributed by atoms with van der Waals surface area (Å²) >= 11 is 0. The molecule has 6 nitrogen and oxygen atoms in total. The highest BCUT2D eigenvalue weighted by Crippen LogP contribution is 2.29. The molecule has 2 N–H and O–H groups in total. The van der Waals surface area contributed by atoms with E-state index >= 15 is 0 Å². The Balaban J connectivity index is 2.62. The quantitative estimate of drug-likeness (QED) is 0.907. The monoisotopic (exact) mass is 279 g/mol. The van der Waals surface area contributed by atoms with Gasteiger partial charge in [0.05, 0.1) is 19.5 Å². The van der Waals surface area contributed by atoms with Gasteiger partial charge in [-0.2, -0.15) is 0 Å². The van der Waals surface area contributed by atoms with Gasteiger partial charge in [0.2, 0.25) is 15.8 Å². The van der Waals surface area contributed by atoms with Crippen LogP contribution in [-0.4, -0.2) is 25.5 Å². The molecule has 0 aliphatic rings. The smallest absolute Gasteiger partial charge is 0.219 e. The number of benzene rings is 1. The molecule has 19 heavy (non-hydrogen) atoms. The van der Waals surface area contributed by atoms with E-state index in [4.69, 9.17) is 10.5 Å². The maximum atomic E-state index is 12.5. The molecule has 2 rings (SSSR count). The van der Waals surface area contributed by atoms with E-state index in [9.17, 15) is 8.42 Å². The second-order valence-electron chi connectivity index (χ2n) is 3.93. The minimum Gasteiger partial charge on any atom is -0.495 e. The topological polar surface area (TPSA) is 95.2 Å². The molecule has 0 saturated heterocycles. The van der Waals surface area contributed by atoms with Crippen molar-refractivity contribution in [2.45, 2.75) is 16.7 Å². The molecule has 0 bridgehead atoms. The van der Waals surface area contributed by atoms with Crippen molar-refractivity contribution < 1.29 is 13.2 Å². The first-order valence-electron chi connectivity index (χ1n) is 5.42. The van der Waals surface area contributed by atoms with Crippen LogP contribution < -0.4 is 10.5 Å². The van der Waals surface area contributed by atoms with Gasteiger partial charge in [0, 0.05) is 0 Å². The van der Waals surface area contributed by atoms with E-state index in [1.54, 1.807) is 25.1 Å². The Kier molecular flexibility index (Phi) is 3.39. The summed E-state index contributed by atoms with van der Waals surface area (Å²) in [6.07, 6.45) is 2.36. The van der Waals surface area contributed by atoms with Crippen LogP contribution >= 0.6 is 0 Å². The van der Waals surface area contributed by atoms with Crippen LogP contribution in [-0.2, 0) is 9.84 Å². The van der Waals surface area contributed by atoms with Crippen molar-refractivity contribution >= 4 is 15.8 Å². The molecular weight excluding hydrogens is 266 g/mol. The van der Waals surface area contributed by atoms with Gasteiger partial charge < -0.3 is 10.5 Å². The van der Waals surface area contributed by atoms with Crippen molar-refractivity contribution in [3.63, 3.8) is 0 Å². The van der Waals surface area contributed by atoms with Gasteiger partial charge >= 0.3 is 0 Å². The van der Waals surface area contributed by atoms with Gasteiger partial charge in [-0.05, 0) is 24.6 Å². The van der Waals surface area contributed by atoms with Gasteiger partial charge in [0.15, 0.2) is 0 Å². The average molecular weight is 279 g/mol. The molecule has 0 aliphatic carbocycles. The van der Waals surface area contributed by atoms with E-state index < -0.39 is 9.84 Å². The number of nitrogen functional groups attached to an aromatic ring is 1. The number of nitrogens with two attached hydrogens (primary N) is 1. The standard InChI is InChI=1S/C12H13N3O3S/c1-8-3-4-10(18-2)11(5-8)19(16,17)9-6-14-12(13)15-7-9/h3-7H,1-2H3,(H2,13,14,15). The Morgan fingerprint density at radius 2 is 1.84 bits per heavy atom. The molecule has 0 atom stereocenters. The highest BCUT2D eigenvalue weighted by molar-refractivity contribution is 7.91. The molecule has 0 amide bonds. The molecule has 0 fully saturated rings. The molecular formula is C12H13N3O3S. The lowest BCUT2D eigenvalue weighted by Crippen LogP contribution is -2.07.